The number of likely N-dealkylation sites (N-methyl/N-ethyl adjacent to an activating group) is 1. The van der Waals surface area contributed by atoms with E-state index in [2.05, 4.69) is 0 Å². The van der Waals surface area contributed by atoms with Crippen LogP contribution in [0, 0.1) is 11.3 Å². The van der Waals surface area contributed by atoms with Gasteiger partial charge in [0.1, 0.15) is 5.54 Å². The highest BCUT2D eigenvalue weighted by Crippen LogP contribution is 2.23. The zero-order chi connectivity index (χ0) is 14.6. The number of rotatable bonds is 5. The molecule has 0 unspecified atom stereocenters. The van der Waals surface area contributed by atoms with E-state index in [0.29, 0.717) is 23.7 Å². The van der Waals surface area contributed by atoms with Crippen LogP contribution in [0.3, 0.4) is 0 Å². The summed E-state index contributed by atoms with van der Waals surface area (Å²) in [6, 6.07) is 7.06. The van der Waals surface area contributed by atoms with Crippen LogP contribution >= 0.6 is 11.6 Å². The van der Waals surface area contributed by atoms with Gasteiger partial charge < -0.3 is 5.11 Å². The van der Waals surface area contributed by atoms with Gasteiger partial charge in [0, 0.05) is 11.6 Å². The molecule has 0 heterocycles. The van der Waals surface area contributed by atoms with Crippen LogP contribution in [0.15, 0.2) is 18.2 Å². The Kier molecular flexibility index (Phi) is 4.93. The Labute approximate surface area is 118 Å². The summed E-state index contributed by atoms with van der Waals surface area (Å²) in [7, 11) is 0. The molecule has 0 saturated carbocycles. The first-order valence-electron chi connectivity index (χ1n) is 6.00. The average molecular weight is 281 g/mol. The highest BCUT2D eigenvalue weighted by atomic mass is 35.5. The summed E-state index contributed by atoms with van der Waals surface area (Å²) < 4.78 is 0. The van der Waals surface area contributed by atoms with E-state index >= 15 is 0 Å². The molecule has 0 aliphatic rings. The first-order valence-corrected chi connectivity index (χ1v) is 6.37. The second kappa shape index (κ2) is 6.05. The first-order chi connectivity index (χ1) is 8.82. The third kappa shape index (κ3) is 3.46. The number of hydrogen-bond donors (Lipinski definition) is 1. The van der Waals surface area contributed by atoms with Crippen molar-refractivity contribution in [2.45, 2.75) is 32.9 Å². The highest BCUT2D eigenvalue weighted by Gasteiger charge is 2.33. The van der Waals surface area contributed by atoms with Crippen LogP contribution in [-0.2, 0) is 11.3 Å². The first kappa shape index (κ1) is 15.5. The number of carboxylic acids is 1. The van der Waals surface area contributed by atoms with Gasteiger partial charge in [-0.25, -0.2) is 0 Å². The van der Waals surface area contributed by atoms with Crippen LogP contribution in [0.5, 0.6) is 0 Å². The van der Waals surface area contributed by atoms with E-state index in [1.807, 2.05) is 17.9 Å². The molecule has 0 aliphatic carbocycles. The van der Waals surface area contributed by atoms with Gasteiger partial charge in [-0.2, -0.15) is 5.26 Å². The van der Waals surface area contributed by atoms with Crippen molar-refractivity contribution in [2.24, 2.45) is 0 Å². The summed E-state index contributed by atoms with van der Waals surface area (Å²) >= 11 is 6.11. The minimum atomic E-state index is -0.966. The van der Waals surface area contributed by atoms with Crippen molar-refractivity contribution in [1.29, 1.82) is 5.26 Å². The number of nitrogens with zero attached hydrogens (tertiary/aromatic N) is 2. The Morgan fingerprint density at radius 3 is 2.58 bits per heavy atom. The molecule has 0 saturated heterocycles. The fourth-order valence-electron chi connectivity index (χ4n) is 1.79. The summed E-state index contributed by atoms with van der Waals surface area (Å²) in [5.74, 6) is -0.876. The van der Waals surface area contributed by atoms with Gasteiger partial charge in [0.15, 0.2) is 0 Å². The predicted octanol–water partition coefficient (Wildman–Crippen LogP) is 2.90. The van der Waals surface area contributed by atoms with E-state index in [9.17, 15) is 9.90 Å². The predicted molar refractivity (Wildman–Crippen MR) is 74.0 cm³/mol. The Hall–Kier alpha value is -1.57. The van der Waals surface area contributed by atoms with Crippen LogP contribution in [0.25, 0.3) is 0 Å². The van der Waals surface area contributed by atoms with Crippen LogP contribution in [0.2, 0.25) is 5.02 Å². The quantitative estimate of drug-likeness (QED) is 0.901. The summed E-state index contributed by atoms with van der Waals surface area (Å²) in [5, 5.41) is 18.5. The van der Waals surface area contributed by atoms with Crippen molar-refractivity contribution in [3.05, 3.63) is 34.3 Å². The standard InChI is InChI=1S/C14H17ClN2O2/c1-4-17(14(2,3)13(18)19)9-11-6-5-10(8-16)7-12(11)15/h5-7H,4,9H2,1-3H3,(H,18,19). The molecular weight excluding hydrogens is 264 g/mol. The third-order valence-corrected chi connectivity index (χ3v) is 3.59. The topological polar surface area (TPSA) is 64.3 Å². The molecule has 0 atom stereocenters. The molecule has 19 heavy (non-hydrogen) atoms. The van der Waals surface area contributed by atoms with Crippen molar-refractivity contribution >= 4 is 17.6 Å². The average Bonchev–Trinajstić information content (AvgIpc) is 2.36. The van der Waals surface area contributed by atoms with E-state index < -0.39 is 11.5 Å². The van der Waals surface area contributed by atoms with Gasteiger partial charge in [-0.3, -0.25) is 9.69 Å². The molecule has 1 aromatic rings. The summed E-state index contributed by atoms with van der Waals surface area (Å²) in [4.78, 5) is 13.1. The molecule has 0 bridgehead atoms. The molecule has 1 aromatic carbocycles. The van der Waals surface area contributed by atoms with E-state index in [-0.39, 0.29) is 0 Å². The number of hydrogen-bond acceptors (Lipinski definition) is 3. The molecule has 1 N–H and O–H groups in total. The molecule has 0 aliphatic heterocycles. The summed E-state index contributed by atoms with van der Waals surface area (Å²) in [6.07, 6.45) is 0. The van der Waals surface area contributed by atoms with Gasteiger partial charge >= 0.3 is 5.97 Å². The number of carbonyl (C=O) groups is 1. The van der Waals surface area contributed by atoms with Crippen molar-refractivity contribution in [2.75, 3.05) is 6.54 Å². The maximum absolute atomic E-state index is 11.3. The van der Waals surface area contributed by atoms with E-state index in [0.717, 1.165) is 5.56 Å². The monoisotopic (exact) mass is 280 g/mol. The van der Waals surface area contributed by atoms with Crippen LogP contribution in [-0.4, -0.2) is 28.1 Å². The number of nitriles is 1. The van der Waals surface area contributed by atoms with Crippen LogP contribution < -0.4 is 0 Å². The second-order valence-electron chi connectivity index (χ2n) is 4.80. The number of halogens is 1. The Bertz CT molecular complexity index is 521. The largest absolute Gasteiger partial charge is 0.480 e. The minimum Gasteiger partial charge on any atom is -0.480 e. The molecule has 0 fully saturated rings. The number of aliphatic carboxylic acids is 1. The van der Waals surface area contributed by atoms with Gasteiger partial charge in [-0.15, -0.1) is 0 Å². The van der Waals surface area contributed by atoms with Gasteiger partial charge in [0.25, 0.3) is 0 Å². The molecule has 5 heteroatoms. The molecule has 0 spiro atoms. The zero-order valence-electron chi connectivity index (χ0n) is 11.3. The van der Waals surface area contributed by atoms with E-state index in [1.165, 1.54) is 0 Å². The molecule has 102 valence electrons. The second-order valence-corrected chi connectivity index (χ2v) is 5.20. The van der Waals surface area contributed by atoms with Gasteiger partial charge in [-0.1, -0.05) is 24.6 Å². The molecule has 0 amide bonds. The Morgan fingerprint density at radius 2 is 2.16 bits per heavy atom. The molecule has 4 nitrogen and oxygen atoms in total. The lowest BCUT2D eigenvalue weighted by molar-refractivity contribution is -0.149. The van der Waals surface area contributed by atoms with Crippen molar-refractivity contribution in [1.82, 2.24) is 4.90 Å². The normalized spacial score (nSPS) is 11.4. The molecular formula is C14H17ClN2O2. The summed E-state index contributed by atoms with van der Waals surface area (Å²) in [5.41, 5.74) is 0.345. The molecule has 0 radical (unpaired) electrons. The SMILES string of the molecule is CCN(Cc1ccc(C#N)cc1Cl)C(C)(C)C(=O)O. The minimum absolute atomic E-state index is 0.431. The maximum atomic E-state index is 11.3. The van der Waals surface area contributed by atoms with Gasteiger partial charge in [-0.05, 0) is 38.1 Å². The Balaban J connectivity index is 3.00. The lowest BCUT2D eigenvalue weighted by atomic mass is 10.0. The molecule has 0 aromatic heterocycles. The van der Waals surface area contributed by atoms with Crippen molar-refractivity contribution in [3.8, 4) is 6.07 Å². The highest BCUT2D eigenvalue weighted by molar-refractivity contribution is 6.31. The van der Waals surface area contributed by atoms with Crippen molar-refractivity contribution < 1.29 is 9.90 Å². The van der Waals surface area contributed by atoms with Gasteiger partial charge in [0.05, 0.1) is 11.6 Å². The lowest BCUT2D eigenvalue weighted by Gasteiger charge is -2.34. The fourth-order valence-corrected chi connectivity index (χ4v) is 2.03. The fraction of sp³-hybridized carbons (Fsp3) is 0.429. The maximum Gasteiger partial charge on any atom is 0.323 e. The number of carboxylic acid groups (broad SMARTS) is 1. The molecule has 1 rings (SSSR count). The lowest BCUT2D eigenvalue weighted by Crippen LogP contribution is -2.49. The zero-order valence-corrected chi connectivity index (χ0v) is 12.0. The summed E-state index contributed by atoms with van der Waals surface area (Å²) in [6.45, 7) is 6.25. The van der Waals surface area contributed by atoms with Crippen LogP contribution in [0.4, 0.5) is 0 Å². The Morgan fingerprint density at radius 1 is 1.53 bits per heavy atom. The third-order valence-electron chi connectivity index (χ3n) is 3.24. The smallest absolute Gasteiger partial charge is 0.323 e. The van der Waals surface area contributed by atoms with Crippen molar-refractivity contribution in [3.63, 3.8) is 0 Å². The van der Waals surface area contributed by atoms with Gasteiger partial charge in [0.2, 0.25) is 0 Å². The van der Waals surface area contributed by atoms with E-state index in [1.54, 1.807) is 32.0 Å². The van der Waals surface area contributed by atoms with Crippen LogP contribution in [0.1, 0.15) is 31.9 Å². The number of benzene rings is 1. The van der Waals surface area contributed by atoms with E-state index in [4.69, 9.17) is 16.9 Å².